The van der Waals surface area contributed by atoms with Crippen LogP contribution in [-0.2, 0) is 5.41 Å². The van der Waals surface area contributed by atoms with E-state index in [4.69, 9.17) is 0 Å². The van der Waals surface area contributed by atoms with E-state index in [1.54, 1.807) is 0 Å². The molecule has 0 spiro atoms. The summed E-state index contributed by atoms with van der Waals surface area (Å²) >= 11 is 0. The average molecular weight is 654 g/mol. The number of rotatable bonds is 4. The van der Waals surface area contributed by atoms with Gasteiger partial charge in [-0.15, -0.1) is 0 Å². The van der Waals surface area contributed by atoms with Crippen molar-refractivity contribution in [2.75, 3.05) is 4.90 Å². The third kappa shape index (κ3) is 4.54. The fourth-order valence-corrected chi connectivity index (χ4v) is 9.04. The Morgan fingerprint density at radius 1 is 0.529 bits per heavy atom. The first kappa shape index (κ1) is 29.9. The van der Waals surface area contributed by atoms with E-state index in [2.05, 4.69) is 189 Å². The molecule has 0 amide bonds. The number of hydrogen-bond donors (Lipinski definition) is 0. The van der Waals surface area contributed by atoms with Crippen LogP contribution in [0.15, 0.2) is 158 Å². The van der Waals surface area contributed by atoms with Gasteiger partial charge in [0.2, 0.25) is 0 Å². The zero-order valence-electron chi connectivity index (χ0n) is 29.3. The molecule has 244 valence electrons. The maximum atomic E-state index is 2.51. The molecule has 0 aliphatic heterocycles. The van der Waals surface area contributed by atoms with Crippen LogP contribution in [-0.4, -0.2) is 0 Å². The summed E-state index contributed by atoms with van der Waals surface area (Å²) in [5.41, 5.74) is 14.2. The van der Waals surface area contributed by atoms with Gasteiger partial charge in [-0.2, -0.15) is 0 Å². The van der Waals surface area contributed by atoms with Crippen LogP contribution in [0.3, 0.4) is 0 Å². The Labute approximate surface area is 300 Å². The molecule has 0 N–H and O–H groups in total. The molecular weight excluding hydrogens is 615 g/mol. The van der Waals surface area contributed by atoms with E-state index in [0.29, 0.717) is 5.92 Å². The van der Waals surface area contributed by atoms with Crippen molar-refractivity contribution in [2.45, 2.75) is 38.5 Å². The van der Waals surface area contributed by atoms with Crippen molar-refractivity contribution >= 4 is 55.5 Å². The molecule has 0 saturated heterocycles. The summed E-state index contributed by atoms with van der Waals surface area (Å²) in [6.07, 6.45) is 5.74. The first-order valence-electron chi connectivity index (χ1n) is 18.2. The summed E-state index contributed by atoms with van der Waals surface area (Å²) in [7, 11) is 0. The van der Waals surface area contributed by atoms with Crippen molar-refractivity contribution in [3.05, 3.63) is 180 Å². The monoisotopic (exact) mass is 653 g/mol. The zero-order valence-corrected chi connectivity index (χ0v) is 29.3. The highest BCUT2D eigenvalue weighted by molar-refractivity contribution is 6.14. The van der Waals surface area contributed by atoms with Crippen LogP contribution in [0.2, 0.25) is 0 Å². The fraction of sp³-hybridized carbons (Fsp3) is 0.120. The van der Waals surface area contributed by atoms with Crippen molar-refractivity contribution in [1.29, 1.82) is 0 Å². The topological polar surface area (TPSA) is 3.24 Å². The molecule has 1 heteroatoms. The van der Waals surface area contributed by atoms with Gasteiger partial charge in [-0.1, -0.05) is 148 Å². The molecule has 10 rings (SSSR count). The standard InChI is InChI=1S/C50H39N/c1-32-13-12-21-40-39-17-8-9-20-44(39)49(31-45(32)40)51(36-27-28-43-42-19-10-11-22-47(42)50(2,3)48(43)30-36)35-25-23-33(24-26-35)46-29-34-14-4-5-15-37(34)38-16-6-7-18-41(38)46/h4-12,14-32H,13H2,1-3H3. The van der Waals surface area contributed by atoms with Gasteiger partial charge in [0, 0.05) is 22.2 Å². The van der Waals surface area contributed by atoms with Crippen molar-refractivity contribution in [3.63, 3.8) is 0 Å². The first-order valence-corrected chi connectivity index (χ1v) is 18.2. The zero-order chi connectivity index (χ0) is 34.3. The molecule has 2 aliphatic carbocycles. The summed E-state index contributed by atoms with van der Waals surface area (Å²) in [5, 5.41) is 7.71. The summed E-state index contributed by atoms with van der Waals surface area (Å²) in [5.74, 6) is 0.451. The largest absolute Gasteiger partial charge is 0.310 e. The normalized spacial score (nSPS) is 15.5. The second-order valence-electron chi connectivity index (χ2n) is 15.0. The highest BCUT2D eigenvalue weighted by Gasteiger charge is 2.36. The first-order chi connectivity index (χ1) is 25.0. The van der Waals surface area contributed by atoms with Gasteiger partial charge in [0.25, 0.3) is 0 Å². The quantitative estimate of drug-likeness (QED) is 0.171. The van der Waals surface area contributed by atoms with E-state index in [-0.39, 0.29) is 5.41 Å². The minimum absolute atomic E-state index is 0.0914. The van der Waals surface area contributed by atoms with Crippen LogP contribution in [0.25, 0.3) is 60.6 Å². The molecule has 8 aromatic carbocycles. The van der Waals surface area contributed by atoms with E-state index in [0.717, 1.165) is 12.1 Å². The molecule has 0 radical (unpaired) electrons. The second-order valence-corrected chi connectivity index (χ2v) is 15.0. The Morgan fingerprint density at radius 3 is 2.00 bits per heavy atom. The molecular formula is C50H39N. The number of fused-ring (bicyclic) bond motifs is 9. The fourth-order valence-electron chi connectivity index (χ4n) is 9.04. The van der Waals surface area contributed by atoms with Gasteiger partial charge in [0.05, 0.1) is 5.69 Å². The van der Waals surface area contributed by atoms with Gasteiger partial charge in [0.1, 0.15) is 0 Å². The molecule has 1 unspecified atom stereocenters. The lowest BCUT2D eigenvalue weighted by Crippen LogP contribution is -2.17. The smallest absolute Gasteiger partial charge is 0.0543 e. The summed E-state index contributed by atoms with van der Waals surface area (Å²) in [6, 6.07) is 56.7. The number of anilines is 3. The molecule has 8 aromatic rings. The SMILES string of the molecule is CC1CC=Cc2c1cc(N(c1ccc(-c3cc4ccccc4c4ccccc34)cc1)c1ccc3c(c1)C(C)(C)c1ccccc1-3)c1ccccc21. The van der Waals surface area contributed by atoms with Gasteiger partial charge in [-0.3, -0.25) is 0 Å². The van der Waals surface area contributed by atoms with Crippen molar-refractivity contribution in [3.8, 4) is 22.3 Å². The lowest BCUT2D eigenvalue weighted by atomic mass is 9.82. The van der Waals surface area contributed by atoms with Crippen molar-refractivity contribution in [1.82, 2.24) is 0 Å². The van der Waals surface area contributed by atoms with Gasteiger partial charge < -0.3 is 4.90 Å². The molecule has 51 heavy (non-hydrogen) atoms. The average Bonchev–Trinajstić information content (AvgIpc) is 3.41. The molecule has 2 aliphatic rings. The maximum absolute atomic E-state index is 2.51. The third-order valence-corrected chi connectivity index (χ3v) is 11.7. The van der Waals surface area contributed by atoms with Crippen LogP contribution in [0, 0.1) is 0 Å². The number of benzene rings is 8. The van der Waals surface area contributed by atoms with Crippen LogP contribution < -0.4 is 4.90 Å². The number of allylic oxidation sites excluding steroid dienone is 1. The van der Waals surface area contributed by atoms with E-state index in [9.17, 15) is 0 Å². The molecule has 0 saturated carbocycles. The number of hydrogen-bond acceptors (Lipinski definition) is 1. The van der Waals surface area contributed by atoms with E-state index in [1.807, 2.05) is 0 Å². The predicted molar refractivity (Wildman–Crippen MR) is 219 cm³/mol. The predicted octanol–water partition coefficient (Wildman–Crippen LogP) is 14.1. The molecule has 0 fully saturated rings. The van der Waals surface area contributed by atoms with Crippen LogP contribution in [0.1, 0.15) is 55.4 Å². The Kier molecular flexibility index (Phi) is 6.64. The van der Waals surface area contributed by atoms with Crippen molar-refractivity contribution < 1.29 is 0 Å². The second kappa shape index (κ2) is 11.3. The maximum Gasteiger partial charge on any atom is 0.0543 e. The van der Waals surface area contributed by atoms with Crippen molar-refractivity contribution in [2.24, 2.45) is 0 Å². The molecule has 0 heterocycles. The molecule has 1 atom stereocenters. The van der Waals surface area contributed by atoms with E-state index in [1.165, 1.54) is 88.2 Å². The molecule has 0 aromatic heterocycles. The van der Waals surface area contributed by atoms with Crippen LogP contribution in [0.4, 0.5) is 17.1 Å². The van der Waals surface area contributed by atoms with E-state index >= 15 is 0 Å². The van der Waals surface area contributed by atoms with Gasteiger partial charge in [-0.05, 0) is 120 Å². The van der Waals surface area contributed by atoms with Gasteiger partial charge in [0.15, 0.2) is 0 Å². The third-order valence-electron chi connectivity index (χ3n) is 11.7. The van der Waals surface area contributed by atoms with Gasteiger partial charge >= 0.3 is 0 Å². The Balaban J connectivity index is 1.19. The Hall–Kier alpha value is -5.92. The minimum atomic E-state index is -0.0914. The minimum Gasteiger partial charge on any atom is -0.310 e. The highest BCUT2D eigenvalue weighted by atomic mass is 15.1. The lowest BCUT2D eigenvalue weighted by molar-refractivity contribution is 0.660. The van der Waals surface area contributed by atoms with Gasteiger partial charge in [-0.25, -0.2) is 0 Å². The summed E-state index contributed by atoms with van der Waals surface area (Å²) in [4.78, 5) is 2.51. The van der Waals surface area contributed by atoms with E-state index < -0.39 is 0 Å². The molecule has 0 bridgehead atoms. The van der Waals surface area contributed by atoms with Crippen LogP contribution >= 0.6 is 0 Å². The highest BCUT2D eigenvalue weighted by Crippen LogP contribution is 2.52. The van der Waals surface area contributed by atoms with Crippen LogP contribution in [0.5, 0.6) is 0 Å². The molecule has 1 nitrogen and oxygen atoms in total. The Morgan fingerprint density at radius 2 is 1.18 bits per heavy atom. The number of nitrogens with zero attached hydrogens (tertiary/aromatic N) is 1. The Bertz CT molecular complexity index is 2710. The lowest BCUT2D eigenvalue weighted by Gasteiger charge is -2.31. The summed E-state index contributed by atoms with van der Waals surface area (Å²) < 4.78 is 0. The summed E-state index contributed by atoms with van der Waals surface area (Å²) in [6.45, 7) is 7.11.